The first kappa shape index (κ1) is 20.3. The number of nitrogens with zero attached hydrogens (tertiary/aromatic N) is 2. The third kappa shape index (κ3) is 5.29. The van der Waals surface area contributed by atoms with Gasteiger partial charge >= 0.3 is 0 Å². The lowest BCUT2D eigenvalue weighted by Gasteiger charge is -2.45. The van der Waals surface area contributed by atoms with Crippen LogP contribution in [-0.4, -0.2) is 73.3 Å². The van der Waals surface area contributed by atoms with Gasteiger partial charge in [-0.15, -0.1) is 0 Å². The lowest BCUT2D eigenvalue weighted by Crippen LogP contribution is -2.59. The molecule has 2 aliphatic heterocycles. The first-order chi connectivity index (χ1) is 12.8. The second-order valence-electron chi connectivity index (χ2n) is 8.04. The molecule has 0 aromatic carbocycles. The normalized spacial score (nSPS) is 30.3. The van der Waals surface area contributed by atoms with E-state index in [4.69, 9.17) is 4.74 Å². The quantitative estimate of drug-likeness (QED) is 0.546. The van der Waals surface area contributed by atoms with Crippen LogP contribution in [0.15, 0.2) is 4.99 Å². The molecule has 2 unspecified atom stereocenters. The lowest BCUT2D eigenvalue weighted by atomic mass is 9.88. The van der Waals surface area contributed by atoms with E-state index in [1.54, 1.807) is 0 Å². The van der Waals surface area contributed by atoms with E-state index in [9.17, 15) is 0 Å². The van der Waals surface area contributed by atoms with Gasteiger partial charge < -0.3 is 15.4 Å². The predicted octanol–water partition coefficient (Wildman–Crippen LogP) is 2.86. The molecule has 5 nitrogen and oxygen atoms in total. The van der Waals surface area contributed by atoms with Gasteiger partial charge in [-0.1, -0.05) is 13.3 Å². The zero-order chi connectivity index (χ0) is 18.2. The highest BCUT2D eigenvalue weighted by molar-refractivity contribution is 7.99. The van der Waals surface area contributed by atoms with Gasteiger partial charge in [-0.05, 0) is 63.8 Å². The Morgan fingerprint density at radius 2 is 1.96 bits per heavy atom. The summed E-state index contributed by atoms with van der Waals surface area (Å²) in [6.07, 6.45) is 10.2. The minimum absolute atomic E-state index is 0.250. The molecule has 0 radical (unpaired) electrons. The van der Waals surface area contributed by atoms with Gasteiger partial charge in [0.1, 0.15) is 0 Å². The second kappa shape index (κ2) is 10.2. The maximum atomic E-state index is 5.67. The highest BCUT2D eigenvalue weighted by Crippen LogP contribution is 2.31. The van der Waals surface area contributed by atoms with E-state index in [1.165, 1.54) is 57.4 Å². The van der Waals surface area contributed by atoms with E-state index in [-0.39, 0.29) is 5.54 Å². The summed E-state index contributed by atoms with van der Waals surface area (Å²) in [6, 6.07) is 0.566. The van der Waals surface area contributed by atoms with Crippen LogP contribution in [0.25, 0.3) is 0 Å². The number of nitrogens with one attached hydrogen (secondary N) is 2. The van der Waals surface area contributed by atoms with Crippen LogP contribution >= 0.6 is 11.8 Å². The van der Waals surface area contributed by atoms with Crippen molar-refractivity contribution in [1.29, 1.82) is 0 Å². The van der Waals surface area contributed by atoms with Crippen molar-refractivity contribution < 1.29 is 4.74 Å². The average molecular weight is 383 g/mol. The molecule has 150 valence electrons. The molecule has 1 saturated carbocycles. The topological polar surface area (TPSA) is 48.9 Å². The van der Waals surface area contributed by atoms with Gasteiger partial charge in [0.25, 0.3) is 0 Å². The van der Waals surface area contributed by atoms with Crippen LogP contribution in [-0.2, 0) is 4.74 Å². The Kier molecular flexibility index (Phi) is 7.94. The Morgan fingerprint density at radius 1 is 1.19 bits per heavy atom. The van der Waals surface area contributed by atoms with E-state index < -0.39 is 0 Å². The third-order valence-corrected chi connectivity index (χ3v) is 7.61. The summed E-state index contributed by atoms with van der Waals surface area (Å²) in [5, 5.41) is 8.22. The van der Waals surface area contributed by atoms with Crippen molar-refractivity contribution in [1.82, 2.24) is 15.5 Å². The minimum Gasteiger partial charge on any atom is -0.381 e. The van der Waals surface area contributed by atoms with Gasteiger partial charge in [0.15, 0.2) is 5.96 Å². The molecule has 2 saturated heterocycles. The number of rotatable bonds is 6. The van der Waals surface area contributed by atoms with Crippen molar-refractivity contribution in [2.24, 2.45) is 4.99 Å². The number of aliphatic imine (C=N–C) groups is 1. The van der Waals surface area contributed by atoms with Gasteiger partial charge in [-0.25, -0.2) is 0 Å². The molecule has 1 aliphatic carbocycles. The van der Waals surface area contributed by atoms with Crippen molar-refractivity contribution in [2.45, 2.75) is 75.1 Å². The second-order valence-corrected chi connectivity index (χ2v) is 9.62. The number of hydrogen-bond acceptors (Lipinski definition) is 4. The zero-order valence-electron chi connectivity index (χ0n) is 16.8. The molecular formula is C20H38N4OS. The molecule has 2 N–H and O–H groups in total. The Labute approximate surface area is 164 Å². The van der Waals surface area contributed by atoms with Gasteiger partial charge in [0.2, 0.25) is 0 Å². The molecule has 3 aliphatic rings. The summed E-state index contributed by atoms with van der Waals surface area (Å²) >= 11 is 2.12. The molecule has 0 spiro atoms. The van der Waals surface area contributed by atoms with E-state index in [1.807, 2.05) is 7.05 Å². The van der Waals surface area contributed by atoms with E-state index in [0.717, 1.165) is 43.8 Å². The summed E-state index contributed by atoms with van der Waals surface area (Å²) in [5.41, 5.74) is 0.250. The van der Waals surface area contributed by atoms with Crippen LogP contribution in [0.2, 0.25) is 0 Å². The van der Waals surface area contributed by atoms with E-state index in [2.05, 4.69) is 39.2 Å². The van der Waals surface area contributed by atoms with E-state index in [0.29, 0.717) is 6.04 Å². The van der Waals surface area contributed by atoms with Crippen molar-refractivity contribution in [2.75, 3.05) is 45.6 Å². The number of likely N-dealkylation sites (tertiary alicyclic amines) is 1. The Hall–Kier alpha value is -0.460. The SMILES string of the molecule is CCSC1CCCC(NC(=NC)NCC2(N3CCCC3)CCOCC2)C1. The molecule has 6 heteroatoms. The van der Waals surface area contributed by atoms with Crippen molar-refractivity contribution in [3.63, 3.8) is 0 Å². The summed E-state index contributed by atoms with van der Waals surface area (Å²) in [5.74, 6) is 2.22. The van der Waals surface area contributed by atoms with Crippen molar-refractivity contribution in [3.8, 4) is 0 Å². The molecule has 0 aromatic heterocycles. The molecule has 2 atom stereocenters. The summed E-state index contributed by atoms with van der Waals surface area (Å²) in [4.78, 5) is 7.25. The van der Waals surface area contributed by atoms with Crippen LogP contribution in [0.1, 0.15) is 58.3 Å². The fourth-order valence-corrected chi connectivity index (χ4v) is 6.02. The van der Waals surface area contributed by atoms with Gasteiger partial charge in [0, 0.05) is 43.6 Å². The summed E-state index contributed by atoms with van der Waals surface area (Å²) in [7, 11) is 1.91. The molecular weight excluding hydrogens is 344 g/mol. The first-order valence-corrected chi connectivity index (χ1v) is 11.7. The predicted molar refractivity (Wildman–Crippen MR) is 112 cm³/mol. The van der Waals surface area contributed by atoms with E-state index >= 15 is 0 Å². The van der Waals surface area contributed by atoms with Gasteiger partial charge in [0.05, 0.1) is 0 Å². The Bertz CT molecular complexity index is 445. The number of ether oxygens (including phenoxy) is 1. The van der Waals surface area contributed by atoms with Crippen LogP contribution in [0.4, 0.5) is 0 Å². The van der Waals surface area contributed by atoms with Crippen LogP contribution in [0.3, 0.4) is 0 Å². The minimum atomic E-state index is 0.250. The molecule has 2 heterocycles. The first-order valence-electron chi connectivity index (χ1n) is 10.7. The highest BCUT2D eigenvalue weighted by atomic mass is 32.2. The number of thioether (sulfide) groups is 1. The monoisotopic (exact) mass is 382 g/mol. The standard InChI is InChI=1S/C20H38N4OS/c1-3-26-18-8-6-7-17(15-18)23-19(21-2)22-16-20(9-13-25-14-10-20)24-11-4-5-12-24/h17-18H,3-16H2,1-2H3,(H2,21,22,23). The van der Waals surface area contributed by atoms with Gasteiger partial charge in [-0.2, -0.15) is 11.8 Å². The van der Waals surface area contributed by atoms with Crippen molar-refractivity contribution in [3.05, 3.63) is 0 Å². The molecule has 0 aromatic rings. The zero-order valence-corrected chi connectivity index (χ0v) is 17.6. The highest BCUT2D eigenvalue weighted by Gasteiger charge is 2.39. The van der Waals surface area contributed by atoms with Crippen LogP contribution in [0.5, 0.6) is 0 Å². The van der Waals surface area contributed by atoms with Gasteiger partial charge in [-0.3, -0.25) is 9.89 Å². The third-order valence-electron chi connectivity index (χ3n) is 6.38. The molecule has 3 rings (SSSR count). The maximum Gasteiger partial charge on any atom is 0.191 e. The maximum absolute atomic E-state index is 5.67. The summed E-state index contributed by atoms with van der Waals surface area (Å²) < 4.78 is 5.67. The summed E-state index contributed by atoms with van der Waals surface area (Å²) in [6.45, 7) is 7.52. The molecule has 0 bridgehead atoms. The lowest BCUT2D eigenvalue weighted by molar-refractivity contribution is -0.0164. The fourth-order valence-electron chi connectivity index (χ4n) is 4.85. The molecule has 0 amide bonds. The number of hydrogen-bond donors (Lipinski definition) is 2. The van der Waals surface area contributed by atoms with Crippen LogP contribution < -0.4 is 10.6 Å². The Morgan fingerprint density at radius 3 is 2.65 bits per heavy atom. The molecule has 3 fully saturated rings. The Balaban J connectivity index is 1.53. The fraction of sp³-hybridized carbons (Fsp3) is 0.950. The average Bonchev–Trinajstić information content (AvgIpc) is 3.22. The van der Waals surface area contributed by atoms with Crippen LogP contribution in [0, 0.1) is 0 Å². The van der Waals surface area contributed by atoms with Crippen molar-refractivity contribution >= 4 is 17.7 Å². The molecule has 26 heavy (non-hydrogen) atoms. The largest absolute Gasteiger partial charge is 0.381 e. The number of guanidine groups is 1. The smallest absolute Gasteiger partial charge is 0.191 e.